The highest BCUT2D eigenvalue weighted by molar-refractivity contribution is 7.15. The Morgan fingerprint density at radius 1 is 1.35 bits per heavy atom. The zero-order valence-corrected chi connectivity index (χ0v) is 9.29. The van der Waals surface area contributed by atoms with Crippen molar-refractivity contribution in [3.05, 3.63) is 23.0 Å². The summed E-state index contributed by atoms with van der Waals surface area (Å²) in [6, 6.07) is 0.939. The van der Waals surface area contributed by atoms with Crippen molar-refractivity contribution in [1.82, 2.24) is 20.0 Å². The molecule has 0 fully saturated rings. The molecule has 2 rings (SSSR count). The summed E-state index contributed by atoms with van der Waals surface area (Å²) in [6.45, 7) is 0.310. The van der Waals surface area contributed by atoms with Gasteiger partial charge in [0.25, 0.3) is 0 Å². The maximum absolute atomic E-state index is 12.3. The molecular formula is C8H8F3N5S. The van der Waals surface area contributed by atoms with Crippen LogP contribution in [0.3, 0.4) is 0 Å². The van der Waals surface area contributed by atoms with E-state index in [4.69, 9.17) is 5.73 Å². The SMILES string of the molecule is Nc1nnc(CCn2ccc(C(F)(F)F)n2)s1. The molecule has 0 aliphatic heterocycles. The van der Waals surface area contributed by atoms with E-state index in [1.54, 1.807) is 0 Å². The van der Waals surface area contributed by atoms with Crippen molar-refractivity contribution >= 4 is 16.5 Å². The molecule has 2 heterocycles. The summed E-state index contributed by atoms with van der Waals surface area (Å²) in [6.07, 6.45) is -2.67. The monoisotopic (exact) mass is 263 g/mol. The molecule has 0 atom stereocenters. The quantitative estimate of drug-likeness (QED) is 0.912. The first-order chi connectivity index (χ1) is 7.95. The number of hydrogen-bond donors (Lipinski definition) is 1. The van der Waals surface area contributed by atoms with E-state index >= 15 is 0 Å². The predicted octanol–water partition coefficient (Wildman–Crippen LogP) is 1.58. The van der Waals surface area contributed by atoms with Gasteiger partial charge in [-0.3, -0.25) is 4.68 Å². The second kappa shape index (κ2) is 4.32. The molecule has 17 heavy (non-hydrogen) atoms. The Hall–Kier alpha value is -1.64. The van der Waals surface area contributed by atoms with Crippen molar-refractivity contribution in [2.24, 2.45) is 0 Å². The third kappa shape index (κ3) is 2.93. The Morgan fingerprint density at radius 3 is 2.65 bits per heavy atom. The van der Waals surface area contributed by atoms with Crippen molar-refractivity contribution in [3.63, 3.8) is 0 Å². The van der Waals surface area contributed by atoms with Gasteiger partial charge >= 0.3 is 6.18 Å². The van der Waals surface area contributed by atoms with Crippen molar-refractivity contribution in [2.45, 2.75) is 19.1 Å². The van der Waals surface area contributed by atoms with Crippen LogP contribution in [0.2, 0.25) is 0 Å². The highest BCUT2D eigenvalue weighted by Gasteiger charge is 2.33. The molecule has 0 radical (unpaired) electrons. The summed E-state index contributed by atoms with van der Waals surface area (Å²) in [4.78, 5) is 0. The van der Waals surface area contributed by atoms with E-state index < -0.39 is 11.9 Å². The molecule has 0 bridgehead atoms. The van der Waals surface area contributed by atoms with Crippen molar-refractivity contribution in [2.75, 3.05) is 5.73 Å². The molecule has 92 valence electrons. The smallest absolute Gasteiger partial charge is 0.374 e. The average molecular weight is 263 g/mol. The van der Waals surface area contributed by atoms with Gasteiger partial charge in [0.1, 0.15) is 5.01 Å². The third-order valence-corrected chi connectivity index (χ3v) is 2.78. The molecule has 0 aromatic carbocycles. The van der Waals surface area contributed by atoms with Crippen LogP contribution in [0, 0.1) is 0 Å². The lowest BCUT2D eigenvalue weighted by Gasteiger charge is -2.01. The minimum Gasteiger partial charge on any atom is -0.374 e. The number of aromatic nitrogens is 4. The summed E-state index contributed by atoms with van der Waals surface area (Å²) in [5.74, 6) is 0. The van der Waals surface area contributed by atoms with Crippen molar-refractivity contribution in [3.8, 4) is 0 Å². The van der Waals surface area contributed by atoms with Gasteiger partial charge < -0.3 is 5.73 Å². The fourth-order valence-corrected chi connectivity index (χ4v) is 1.81. The standard InChI is InChI=1S/C8H8F3N5S/c9-8(10,11)5-1-3-16(15-5)4-2-6-13-14-7(12)17-6/h1,3H,2,4H2,(H2,12,14). The summed E-state index contributed by atoms with van der Waals surface area (Å²) < 4.78 is 38.0. The topological polar surface area (TPSA) is 69.6 Å². The first-order valence-corrected chi connectivity index (χ1v) is 5.45. The first-order valence-electron chi connectivity index (χ1n) is 4.63. The summed E-state index contributed by atoms with van der Waals surface area (Å²) in [7, 11) is 0. The molecule has 0 spiro atoms. The maximum atomic E-state index is 12.3. The number of nitrogens with zero attached hydrogens (tertiary/aromatic N) is 4. The molecule has 0 saturated heterocycles. The Labute approximate surface area is 98.1 Å². The van der Waals surface area contributed by atoms with Gasteiger partial charge in [-0.25, -0.2) is 0 Å². The van der Waals surface area contributed by atoms with E-state index in [1.165, 1.54) is 22.2 Å². The molecule has 2 N–H and O–H groups in total. The molecular weight excluding hydrogens is 255 g/mol. The first kappa shape index (κ1) is 11.8. The highest BCUT2D eigenvalue weighted by atomic mass is 32.1. The normalized spacial score (nSPS) is 11.9. The summed E-state index contributed by atoms with van der Waals surface area (Å²) in [5.41, 5.74) is 4.49. The number of hydrogen-bond acceptors (Lipinski definition) is 5. The zero-order valence-electron chi connectivity index (χ0n) is 8.48. The number of aryl methyl sites for hydroxylation is 2. The van der Waals surface area contributed by atoms with Crippen LogP contribution in [-0.2, 0) is 19.1 Å². The van der Waals surface area contributed by atoms with E-state index in [0.717, 1.165) is 6.07 Å². The molecule has 0 saturated carbocycles. The van der Waals surface area contributed by atoms with Crippen LogP contribution in [0.5, 0.6) is 0 Å². The zero-order chi connectivity index (χ0) is 12.5. The molecule has 9 heteroatoms. The minimum atomic E-state index is -4.40. The van der Waals surface area contributed by atoms with Gasteiger partial charge in [-0.15, -0.1) is 10.2 Å². The second-order valence-electron chi connectivity index (χ2n) is 3.25. The van der Waals surface area contributed by atoms with Crippen LogP contribution >= 0.6 is 11.3 Å². The van der Waals surface area contributed by atoms with Crippen LogP contribution in [0.25, 0.3) is 0 Å². The van der Waals surface area contributed by atoms with Crippen molar-refractivity contribution in [1.29, 1.82) is 0 Å². The number of nitrogen functional groups attached to an aromatic ring is 1. The van der Waals surface area contributed by atoms with Crippen molar-refractivity contribution < 1.29 is 13.2 Å². The van der Waals surface area contributed by atoms with E-state index in [-0.39, 0.29) is 0 Å². The molecule has 2 aromatic rings. The number of alkyl halides is 3. The Kier molecular flexibility index (Phi) is 3.01. The lowest BCUT2D eigenvalue weighted by molar-refractivity contribution is -0.141. The molecule has 2 aromatic heterocycles. The van der Waals surface area contributed by atoms with Gasteiger partial charge in [0.05, 0.1) is 0 Å². The van der Waals surface area contributed by atoms with Crippen LogP contribution in [0.1, 0.15) is 10.7 Å². The Bertz CT molecular complexity index is 503. The van der Waals surface area contributed by atoms with Crippen LogP contribution in [-0.4, -0.2) is 20.0 Å². The number of nitrogens with two attached hydrogens (primary N) is 1. The largest absolute Gasteiger partial charge is 0.435 e. The Balaban J connectivity index is 1.98. The molecule has 5 nitrogen and oxygen atoms in total. The number of rotatable bonds is 3. The lowest BCUT2D eigenvalue weighted by atomic mass is 10.4. The van der Waals surface area contributed by atoms with Gasteiger partial charge in [0.2, 0.25) is 5.13 Å². The van der Waals surface area contributed by atoms with Gasteiger partial charge in [0, 0.05) is 19.2 Å². The van der Waals surface area contributed by atoms with E-state index in [2.05, 4.69) is 15.3 Å². The van der Waals surface area contributed by atoms with E-state index in [1.807, 2.05) is 0 Å². The average Bonchev–Trinajstić information content (AvgIpc) is 2.82. The van der Waals surface area contributed by atoms with Gasteiger partial charge in [0.15, 0.2) is 5.69 Å². The fraction of sp³-hybridized carbons (Fsp3) is 0.375. The lowest BCUT2D eigenvalue weighted by Crippen LogP contribution is -2.08. The highest BCUT2D eigenvalue weighted by Crippen LogP contribution is 2.27. The Morgan fingerprint density at radius 2 is 2.12 bits per heavy atom. The second-order valence-corrected chi connectivity index (χ2v) is 4.34. The fourth-order valence-electron chi connectivity index (χ4n) is 1.22. The van der Waals surface area contributed by atoms with Gasteiger partial charge in [-0.05, 0) is 6.07 Å². The number of halogens is 3. The predicted molar refractivity (Wildman–Crippen MR) is 55.3 cm³/mol. The summed E-state index contributed by atoms with van der Waals surface area (Å²) >= 11 is 1.21. The van der Waals surface area contributed by atoms with Crippen LogP contribution < -0.4 is 5.73 Å². The van der Waals surface area contributed by atoms with E-state index in [0.29, 0.717) is 23.1 Å². The van der Waals surface area contributed by atoms with Gasteiger partial charge in [-0.1, -0.05) is 11.3 Å². The molecule has 0 aliphatic carbocycles. The molecule has 0 amide bonds. The molecule has 0 aliphatic rings. The van der Waals surface area contributed by atoms with Gasteiger partial charge in [-0.2, -0.15) is 18.3 Å². The minimum absolute atomic E-state index is 0.310. The van der Waals surface area contributed by atoms with E-state index in [9.17, 15) is 13.2 Å². The van der Waals surface area contributed by atoms with Crippen LogP contribution in [0.4, 0.5) is 18.3 Å². The number of anilines is 1. The molecule has 0 unspecified atom stereocenters. The van der Waals surface area contributed by atoms with Crippen LogP contribution in [0.15, 0.2) is 12.3 Å². The third-order valence-electron chi connectivity index (χ3n) is 1.97. The summed E-state index contributed by atoms with van der Waals surface area (Å²) in [5, 5.41) is 11.8. The maximum Gasteiger partial charge on any atom is 0.435 e.